The van der Waals surface area contributed by atoms with Crippen LogP contribution in [0.2, 0.25) is 0 Å². The van der Waals surface area contributed by atoms with Gasteiger partial charge in [-0.15, -0.1) is 0 Å². The minimum atomic E-state index is -0.424. The first-order valence-electron chi connectivity index (χ1n) is 8.20. The van der Waals surface area contributed by atoms with Crippen molar-refractivity contribution in [1.29, 1.82) is 0 Å². The molecule has 1 saturated heterocycles. The highest BCUT2D eigenvalue weighted by atomic mass is 19.1. The first-order valence-corrected chi connectivity index (χ1v) is 8.20. The average molecular weight is 350 g/mol. The molecular weight excluding hydrogens is 327 g/mol. The number of hydrogen-bond acceptors (Lipinski definition) is 4. The van der Waals surface area contributed by atoms with Gasteiger partial charge in [-0.25, -0.2) is 14.1 Å². The van der Waals surface area contributed by atoms with Crippen molar-refractivity contribution >= 4 is 23.5 Å². The predicted octanol–water partition coefficient (Wildman–Crippen LogP) is 1.05. The summed E-state index contributed by atoms with van der Waals surface area (Å²) in [6.45, 7) is 6.39. The number of carbonyl (C=O) groups is 3. The number of imide groups is 1. The quantitative estimate of drug-likeness (QED) is 0.881. The van der Waals surface area contributed by atoms with Crippen molar-refractivity contribution in [3.8, 4) is 0 Å². The van der Waals surface area contributed by atoms with Crippen LogP contribution in [0.4, 0.5) is 14.9 Å². The Morgan fingerprint density at radius 3 is 2.20 bits per heavy atom. The third-order valence-electron chi connectivity index (χ3n) is 4.04. The van der Waals surface area contributed by atoms with Crippen molar-refractivity contribution in [2.45, 2.75) is 13.8 Å². The molecule has 1 N–H and O–H groups in total. The summed E-state index contributed by atoms with van der Waals surface area (Å²) >= 11 is 0. The van der Waals surface area contributed by atoms with E-state index in [1.54, 1.807) is 4.90 Å². The van der Waals surface area contributed by atoms with Crippen LogP contribution in [0.3, 0.4) is 0 Å². The standard InChI is InChI=1S/C17H23FN4O3/c1-13(23)19-7-8-20-9-11-21(12-10-20)17(25)22(14(2)24)16-5-3-15(18)4-6-16/h3-6H,7-12H2,1-2H3,(H,19,23). The van der Waals surface area contributed by atoms with Crippen LogP contribution < -0.4 is 10.2 Å². The second-order valence-electron chi connectivity index (χ2n) is 5.93. The topological polar surface area (TPSA) is 73.0 Å². The fourth-order valence-electron chi connectivity index (χ4n) is 2.71. The zero-order valence-electron chi connectivity index (χ0n) is 14.5. The molecule has 1 heterocycles. The first-order chi connectivity index (χ1) is 11.9. The van der Waals surface area contributed by atoms with E-state index in [-0.39, 0.29) is 5.91 Å². The van der Waals surface area contributed by atoms with Crippen LogP contribution in [0.15, 0.2) is 24.3 Å². The lowest BCUT2D eigenvalue weighted by atomic mass is 10.2. The third kappa shape index (κ3) is 5.25. The van der Waals surface area contributed by atoms with E-state index in [1.807, 2.05) is 0 Å². The van der Waals surface area contributed by atoms with Gasteiger partial charge >= 0.3 is 6.03 Å². The van der Waals surface area contributed by atoms with E-state index < -0.39 is 17.8 Å². The number of nitrogens with zero attached hydrogens (tertiary/aromatic N) is 3. The minimum absolute atomic E-state index is 0.0646. The largest absolute Gasteiger partial charge is 0.355 e. The monoisotopic (exact) mass is 350 g/mol. The van der Waals surface area contributed by atoms with Gasteiger partial charge in [-0.05, 0) is 24.3 Å². The molecule has 0 aliphatic carbocycles. The Bertz CT molecular complexity index is 627. The van der Waals surface area contributed by atoms with E-state index >= 15 is 0 Å². The van der Waals surface area contributed by atoms with Crippen molar-refractivity contribution < 1.29 is 18.8 Å². The molecule has 0 aromatic heterocycles. The zero-order valence-corrected chi connectivity index (χ0v) is 14.5. The maximum absolute atomic E-state index is 13.1. The molecule has 136 valence electrons. The van der Waals surface area contributed by atoms with Gasteiger partial charge in [0.2, 0.25) is 11.8 Å². The Hall–Kier alpha value is -2.48. The van der Waals surface area contributed by atoms with Gasteiger partial charge in [-0.1, -0.05) is 0 Å². The molecule has 1 aromatic rings. The molecule has 1 aromatic carbocycles. The molecule has 0 bridgehead atoms. The van der Waals surface area contributed by atoms with Crippen molar-refractivity contribution in [1.82, 2.24) is 15.1 Å². The number of anilines is 1. The van der Waals surface area contributed by atoms with E-state index in [0.717, 1.165) is 11.4 Å². The summed E-state index contributed by atoms with van der Waals surface area (Å²) in [6.07, 6.45) is 0. The number of amides is 4. The minimum Gasteiger partial charge on any atom is -0.355 e. The average Bonchev–Trinajstić information content (AvgIpc) is 2.57. The molecule has 8 heteroatoms. The Morgan fingerprint density at radius 1 is 1.08 bits per heavy atom. The molecule has 1 fully saturated rings. The van der Waals surface area contributed by atoms with Crippen LogP contribution in [0.25, 0.3) is 0 Å². The number of piperazine rings is 1. The fraction of sp³-hybridized carbons (Fsp3) is 0.471. The molecule has 1 aliphatic heterocycles. The number of carbonyl (C=O) groups excluding carboxylic acids is 3. The van der Waals surface area contributed by atoms with Gasteiger partial charge in [-0.2, -0.15) is 0 Å². The van der Waals surface area contributed by atoms with E-state index in [1.165, 1.54) is 38.1 Å². The summed E-state index contributed by atoms with van der Waals surface area (Å²) < 4.78 is 13.1. The molecule has 2 rings (SSSR count). The van der Waals surface area contributed by atoms with Crippen LogP contribution in [0.5, 0.6) is 0 Å². The maximum Gasteiger partial charge on any atom is 0.331 e. The van der Waals surface area contributed by atoms with Crippen LogP contribution >= 0.6 is 0 Å². The van der Waals surface area contributed by atoms with Crippen LogP contribution in [0, 0.1) is 5.82 Å². The highest BCUT2D eigenvalue weighted by molar-refractivity contribution is 6.13. The normalized spacial score (nSPS) is 14.9. The molecular formula is C17H23FN4O3. The lowest BCUT2D eigenvalue weighted by Crippen LogP contribution is -2.54. The number of urea groups is 1. The first kappa shape index (κ1) is 18.9. The van der Waals surface area contributed by atoms with E-state index in [4.69, 9.17) is 0 Å². The number of hydrogen-bond donors (Lipinski definition) is 1. The van der Waals surface area contributed by atoms with Crippen LogP contribution in [0.1, 0.15) is 13.8 Å². The second kappa shape index (κ2) is 8.57. The molecule has 0 spiro atoms. The van der Waals surface area contributed by atoms with Gasteiger partial charge in [0, 0.05) is 53.1 Å². The Kier molecular flexibility index (Phi) is 6.46. The molecule has 0 saturated carbocycles. The zero-order chi connectivity index (χ0) is 18.4. The molecule has 4 amide bonds. The molecule has 0 atom stereocenters. The summed E-state index contributed by atoms with van der Waals surface area (Å²) in [7, 11) is 0. The number of nitrogens with one attached hydrogen (secondary N) is 1. The van der Waals surface area contributed by atoms with Crippen molar-refractivity contribution in [3.05, 3.63) is 30.1 Å². The number of benzene rings is 1. The number of rotatable bonds is 4. The van der Waals surface area contributed by atoms with E-state index in [0.29, 0.717) is 38.4 Å². The lowest BCUT2D eigenvalue weighted by Gasteiger charge is -2.36. The van der Waals surface area contributed by atoms with Gasteiger partial charge in [0.15, 0.2) is 0 Å². The highest BCUT2D eigenvalue weighted by Gasteiger charge is 2.28. The molecule has 0 unspecified atom stereocenters. The lowest BCUT2D eigenvalue weighted by molar-refractivity contribution is -0.119. The van der Waals surface area contributed by atoms with Crippen molar-refractivity contribution in [2.24, 2.45) is 0 Å². The summed E-state index contributed by atoms with van der Waals surface area (Å²) in [6, 6.07) is 4.87. The van der Waals surface area contributed by atoms with Crippen LogP contribution in [-0.2, 0) is 9.59 Å². The van der Waals surface area contributed by atoms with Gasteiger partial charge in [0.05, 0.1) is 5.69 Å². The van der Waals surface area contributed by atoms with Gasteiger partial charge in [0.25, 0.3) is 0 Å². The van der Waals surface area contributed by atoms with Gasteiger partial charge in [-0.3, -0.25) is 14.5 Å². The SMILES string of the molecule is CC(=O)NCCN1CCN(C(=O)N(C(C)=O)c2ccc(F)cc2)CC1. The molecule has 0 radical (unpaired) electrons. The van der Waals surface area contributed by atoms with Crippen molar-refractivity contribution in [2.75, 3.05) is 44.2 Å². The van der Waals surface area contributed by atoms with E-state index in [9.17, 15) is 18.8 Å². The number of halogens is 1. The highest BCUT2D eigenvalue weighted by Crippen LogP contribution is 2.18. The van der Waals surface area contributed by atoms with Gasteiger partial charge < -0.3 is 10.2 Å². The predicted molar refractivity (Wildman–Crippen MR) is 91.7 cm³/mol. The molecule has 1 aliphatic rings. The Morgan fingerprint density at radius 2 is 1.68 bits per heavy atom. The summed E-state index contributed by atoms with van der Waals surface area (Å²) in [4.78, 5) is 40.3. The third-order valence-corrected chi connectivity index (χ3v) is 4.04. The molecule has 25 heavy (non-hydrogen) atoms. The fourth-order valence-corrected chi connectivity index (χ4v) is 2.71. The maximum atomic E-state index is 13.1. The second-order valence-corrected chi connectivity index (χ2v) is 5.93. The summed E-state index contributed by atoms with van der Waals surface area (Å²) in [5.74, 6) is -0.901. The van der Waals surface area contributed by atoms with Gasteiger partial charge in [0.1, 0.15) is 5.82 Å². The molecule has 7 nitrogen and oxygen atoms in total. The Balaban J connectivity index is 1.94. The summed E-state index contributed by atoms with van der Waals surface area (Å²) in [5.41, 5.74) is 0.354. The summed E-state index contributed by atoms with van der Waals surface area (Å²) in [5, 5.41) is 2.74. The smallest absolute Gasteiger partial charge is 0.331 e. The Labute approximate surface area is 146 Å². The van der Waals surface area contributed by atoms with Crippen LogP contribution in [-0.4, -0.2) is 66.9 Å². The van der Waals surface area contributed by atoms with E-state index in [2.05, 4.69) is 10.2 Å². The van der Waals surface area contributed by atoms with Crippen molar-refractivity contribution in [3.63, 3.8) is 0 Å².